The zero-order valence-electron chi connectivity index (χ0n) is 19.6. The summed E-state index contributed by atoms with van der Waals surface area (Å²) in [6.07, 6.45) is 5.60. The molecule has 0 spiro atoms. The van der Waals surface area contributed by atoms with E-state index in [9.17, 15) is 10.1 Å². The van der Waals surface area contributed by atoms with Crippen molar-refractivity contribution in [3.05, 3.63) is 51.9 Å². The quantitative estimate of drug-likeness (QED) is 0.573. The average Bonchev–Trinajstić information content (AvgIpc) is 3.40. The number of rotatable bonds is 5. The lowest BCUT2D eigenvalue weighted by atomic mass is 9.85. The number of H-pyrrole nitrogens is 1. The molecule has 5 rings (SSSR count). The van der Waals surface area contributed by atoms with E-state index < -0.39 is 0 Å². The molecule has 2 aromatic heterocycles. The Bertz CT molecular complexity index is 1270. The highest BCUT2D eigenvalue weighted by molar-refractivity contribution is 5.91. The summed E-state index contributed by atoms with van der Waals surface area (Å²) < 4.78 is 1.92. The number of pyridine rings is 1. The third-order valence-electron chi connectivity index (χ3n) is 7.60. The number of aromatic amines is 1. The third kappa shape index (κ3) is 3.93. The number of anilines is 2. The summed E-state index contributed by atoms with van der Waals surface area (Å²) >= 11 is 0. The SMILES string of the molecule is CC(C)C(C)N1Cc2ccc(Nc3nn(C4CCCCC4C#N)c4cc[nH]c(=O)c34)cc2C1. The minimum Gasteiger partial charge on any atom is -0.338 e. The first kappa shape index (κ1) is 21.7. The van der Waals surface area contributed by atoms with Gasteiger partial charge in [-0.15, -0.1) is 0 Å². The molecule has 7 heteroatoms. The van der Waals surface area contributed by atoms with E-state index in [2.05, 4.69) is 60.2 Å². The first-order valence-corrected chi connectivity index (χ1v) is 12.1. The Kier molecular flexibility index (Phi) is 5.71. The van der Waals surface area contributed by atoms with Crippen LogP contribution in [0.25, 0.3) is 10.9 Å². The standard InChI is InChI=1S/C26H32N6O/c1-16(2)17(3)31-14-19-8-9-21(12-20(19)15-31)29-25-24-23(10-11-28-26(24)33)32(30-25)22-7-5-4-6-18(22)13-27/h8-12,16-18,22H,4-7,14-15H2,1-3H3,(H,28,33)(H,29,30). The van der Waals surface area contributed by atoms with Gasteiger partial charge in [-0.1, -0.05) is 32.8 Å². The Labute approximate surface area is 194 Å². The largest absolute Gasteiger partial charge is 0.338 e. The van der Waals surface area contributed by atoms with Crippen LogP contribution >= 0.6 is 0 Å². The van der Waals surface area contributed by atoms with Crippen LogP contribution in [0.15, 0.2) is 35.3 Å². The molecule has 1 fully saturated rings. The number of aromatic nitrogens is 3. The smallest absolute Gasteiger partial charge is 0.261 e. The normalized spacial score (nSPS) is 21.8. The second-order valence-electron chi connectivity index (χ2n) is 9.95. The van der Waals surface area contributed by atoms with Crippen LogP contribution in [0.3, 0.4) is 0 Å². The molecule has 1 aliphatic carbocycles. The summed E-state index contributed by atoms with van der Waals surface area (Å²) in [5.41, 5.74) is 4.24. The third-order valence-corrected chi connectivity index (χ3v) is 7.60. The van der Waals surface area contributed by atoms with Gasteiger partial charge in [0.05, 0.1) is 23.5 Å². The Balaban J connectivity index is 1.48. The maximum Gasteiger partial charge on any atom is 0.261 e. The van der Waals surface area contributed by atoms with E-state index in [1.807, 2.05) is 10.7 Å². The minimum absolute atomic E-state index is 0.00491. The molecule has 0 bridgehead atoms. The molecule has 0 amide bonds. The van der Waals surface area contributed by atoms with E-state index in [4.69, 9.17) is 5.10 Å². The van der Waals surface area contributed by atoms with Crippen molar-refractivity contribution in [3.8, 4) is 6.07 Å². The second-order valence-corrected chi connectivity index (χ2v) is 9.95. The zero-order chi connectivity index (χ0) is 23.1. The van der Waals surface area contributed by atoms with Crippen molar-refractivity contribution >= 4 is 22.4 Å². The summed E-state index contributed by atoms with van der Waals surface area (Å²) in [6.45, 7) is 8.74. The highest BCUT2D eigenvalue weighted by Crippen LogP contribution is 2.37. The molecule has 1 aliphatic heterocycles. The minimum atomic E-state index is -0.163. The first-order chi connectivity index (χ1) is 16.0. The topological polar surface area (TPSA) is 89.7 Å². The molecule has 2 aliphatic rings. The molecule has 0 saturated heterocycles. The van der Waals surface area contributed by atoms with Crippen LogP contribution in [-0.4, -0.2) is 25.7 Å². The van der Waals surface area contributed by atoms with Crippen molar-refractivity contribution in [2.75, 3.05) is 5.32 Å². The van der Waals surface area contributed by atoms with Crippen LogP contribution in [0.5, 0.6) is 0 Å². The van der Waals surface area contributed by atoms with Crippen molar-refractivity contribution in [1.29, 1.82) is 5.26 Å². The Morgan fingerprint density at radius 3 is 2.73 bits per heavy atom. The van der Waals surface area contributed by atoms with Gasteiger partial charge in [0, 0.05) is 31.0 Å². The molecule has 33 heavy (non-hydrogen) atoms. The summed E-state index contributed by atoms with van der Waals surface area (Å²) in [5.74, 6) is 1.08. The van der Waals surface area contributed by atoms with Crippen molar-refractivity contribution < 1.29 is 0 Å². The van der Waals surface area contributed by atoms with E-state index in [1.54, 1.807) is 6.20 Å². The molecule has 0 radical (unpaired) electrons. The van der Waals surface area contributed by atoms with Gasteiger partial charge < -0.3 is 10.3 Å². The van der Waals surface area contributed by atoms with E-state index in [-0.39, 0.29) is 17.5 Å². The molecule has 1 aromatic carbocycles. The molecular weight excluding hydrogens is 412 g/mol. The maximum atomic E-state index is 12.8. The van der Waals surface area contributed by atoms with Gasteiger partial charge in [0.2, 0.25) is 0 Å². The number of benzene rings is 1. The van der Waals surface area contributed by atoms with Gasteiger partial charge in [0.1, 0.15) is 5.39 Å². The van der Waals surface area contributed by atoms with Crippen LogP contribution in [0.4, 0.5) is 11.5 Å². The van der Waals surface area contributed by atoms with Crippen LogP contribution in [0, 0.1) is 23.2 Å². The van der Waals surface area contributed by atoms with Crippen LogP contribution in [0.1, 0.15) is 63.6 Å². The molecule has 1 saturated carbocycles. The average molecular weight is 445 g/mol. The van der Waals surface area contributed by atoms with Gasteiger partial charge in [-0.2, -0.15) is 10.4 Å². The zero-order valence-corrected chi connectivity index (χ0v) is 19.6. The molecule has 7 nitrogen and oxygen atoms in total. The molecule has 3 heterocycles. The Hall–Kier alpha value is -3.11. The summed E-state index contributed by atoms with van der Waals surface area (Å²) in [7, 11) is 0. The summed E-state index contributed by atoms with van der Waals surface area (Å²) in [5, 5.41) is 18.5. The lowest BCUT2D eigenvalue weighted by molar-refractivity contribution is 0.170. The van der Waals surface area contributed by atoms with Gasteiger partial charge in [-0.25, -0.2) is 0 Å². The van der Waals surface area contributed by atoms with Crippen LogP contribution in [0.2, 0.25) is 0 Å². The second kappa shape index (κ2) is 8.68. The highest BCUT2D eigenvalue weighted by Gasteiger charge is 2.30. The fraction of sp³-hybridized carbons (Fsp3) is 0.500. The first-order valence-electron chi connectivity index (χ1n) is 12.1. The predicted octanol–water partition coefficient (Wildman–Crippen LogP) is 5.08. The Morgan fingerprint density at radius 1 is 1.15 bits per heavy atom. The Morgan fingerprint density at radius 2 is 1.94 bits per heavy atom. The number of hydrogen-bond acceptors (Lipinski definition) is 5. The van der Waals surface area contributed by atoms with Crippen molar-refractivity contribution in [1.82, 2.24) is 19.7 Å². The number of fused-ring (bicyclic) bond motifs is 2. The lowest BCUT2D eigenvalue weighted by Gasteiger charge is -2.27. The van der Waals surface area contributed by atoms with Gasteiger partial charge in [-0.3, -0.25) is 14.4 Å². The number of nitrogens with one attached hydrogen (secondary N) is 2. The fourth-order valence-corrected chi connectivity index (χ4v) is 5.34. The van der Waals surface area contributed by atoms with Crippen LogP contribution in [-0.2, 0) is 13.1 Å². The monoisotopic (exact) mass is 444 g/mol. The molecule has 3 aromatic rings. The van der Waals surface area contributed by atoms with Crippen molar-refractivity contribution in [3.63, 3.8) is 0 Å². The van der Waals surface area contributed by atoms with E-state index in [1.165, 1.54) is 11.1 Å². The molecule has 2 N–H and O–H groups in total. The molecular formula is C26H32N6O. The number of hydrogen-bond donors (Lipinski definition) is 2. The van der Waals surface area contributed by atoms with Gasteiger partial charge in [-0.05, 0) is 55.0 Å². The fourth-order valence-electron chi connectivity index (χ4n) is 5.34. The molecule has 172 valence electrons. The lowest BCUT2D eigenvalue weighted by Crippen LogP contribution is -2.32. The summed E-state index contributed by atoms with van der Waals surface area (Å²) in [4.78, 5) is 18.1. The highest BCUT2D eigenvalue weighted by atomic mass is 16.1. The maximum absolute atomic E-state index is 12.8. The number of nitrogens with zero attached hydrogens (tertiary/aromatic N) is 4. The van der Waals surface area contributed by atoms with Gasteiger partial charge in [0.15, 0.2) is 5.82 Å². The number of nitriles is 1. The predicted molar refractivity (Wildman–Crippen MR) is 130 cm³/mol. The van der Waals surface area contributed by atoms with E-state index in [0.717, 1.165) is 50.0 Å². The van der Waals surface area contributed by atoms with Crippen molar-refractivity contribution in [2.24, 2.45) is 11.8 Å². The summed E-state index contributed by atoms with van der Waals surface area (Å²) in [6, 6.07) is 11.3. The van der Waals surface area contributed by atoms with Crippen LogP contribution < -0.4 is 10.9 Å². The van der Waals surface area contributed by atoms with Crippen molar-refractivity contribution in [2.45, 2.75) is 71.6 Å². The van der Waals surface area contributed by atoms with Gasteiger partial charge >= 0.3 is 0 Å². The van der Waals surface area contributed by atoms with E-state index in [0.29, 0.717) is 23.2 Å². The molecule has 3 unspecified atom stereocenters. The van der Waals surface area contributed by atoms with Gasteiger partial charge in [0.25, 0.3) is 5.56 Å². The van der Waals surface area contributed by atoms with E-state index >= 15 is 0 Å². The molecule has 3 atom stereocenters.